The van der Waals surface area contributed by atoms with Crippen LogP contribution in [0.4, 0.5) is 5.69 Å². The molecule has 1 aromatic rings. The number of nitrogens with two attached hydrogens (primary N) is 1. The van der Waals surface area contributed by atoms with E-state index in [1.54, 1.807) is 6.20 Å². The zero-order valence-corrected chi connectivity index (χ0v) is 5.15. The second-order valence-electron chi connectivity index (χ2n) is 1.46. The van der Waals surface area contributed by atoms with E-state index < -0.39 is 0 Å². The minimum absolute atomic E-state index is 0.617. The van der Waals surface area contributed by atoms with Crippen molar-refractivity contribution in [3.8, 4) is 0 Å². The quantitative estimate of drug-likeness (QED) is 0.481. The third-order valence-electron chi connectivity index (χ3n) is 0.910. The van der Waals surface area contributed by atoms with E-state index in [-0.39, 0.29) is 0 Å². The van der Waals surface area contributed by atoms with Crippen molar-refractivity contribution in [3.05, 3.63) is 11.9 Å². The summed E-state index contributed by atoms with van der Waals surface area (Å²) in [6.45, 7) is 0. The van der Waals surface area contributed by atoms with Crippen molar-refractivity contribution in [2.24, 2.45) is 0 Å². The summed E-state index contributed by atoms with van der Waals surface area (Å²) in [4.78, 5) is 0. The molecule has 0 bridgehead atoms. The average Bonchev–Trinajstić information content (AvgIpc) is 2.14. The van der Waals surface area contributed by atoms with Gasteiger partial charge in [-0.3, -0.25) is 5.10 Å². The summed E-state index contributed by atoms with van der Waals surface area (Å²) in [5.41, 5.74) is 6.97. The molecule has 3 nitrogen and oxygen atoms in total. The van der Waals surface area contributed by atoms with Gasteiger partial charge in [-0.25, -0.2) is 0 Å². The Hall–Kier alpha value is -0.640. The number of thiol groups is 1. The summed E-state index contributed by atoms with van der Waals surface area (Å²) < 4.78 is 0. The van der Waals surface area contributed by atoms with Crippen molar-refractivity contribution < 1.29 is 0 Å². The SMILES string of the molecule is Nc1cn[nH]c1CS. The Balaban J connectivity index is 2.92. The van der Waals surface area contributed by atoms with E-state index in [9.17, 15) is 0 Å². The molecule has 0 atom stereocenters. The van der Waals surface area contributed by atoms with Crippen molar-refractivity contribution >= 4 is 18.3 Å². The number of aromatic amines is 1. The minimum atomic E-state index is 0.617. The van der Waals surface area contributed by atoms with Crippen molar-refractivity contribution in [1.82, 2.24) is 10.2 Å². The molecule has 0 fully saturated rings. The maximum Gasteiger partial charge on any atom is 0.0738 e. The van der Waals surface area contributed by atoms with Gasteiger partial charge in [-0.15, -0.1) is 0 Å². The molecule has 1 heterocycles. The molecule has 0 amide bonds. The molecule has 1 aromatic heterocycles. The highest BCUT2D eigenvalue weighted by atomic mass is 32.1. The zero-order valence-electron chi connectivity index (χ0n) is 4.26. The number of nitrogen functional groups attached to an aromatic ring is 1. The van der Waals surface area contributed by atoms with Gasteiger partial charge in [0.2, 0.25) is 0 Å². The van der Waals surface area contributed by atoms with Crippen LogP contribution in [0.15, 0.2) is 6.20 Å². The first kappa shape index (κ1) is 5.50. The first-order valence-electron chi connectivity index (χ1n) is 2.23. The maximum absolute atomic E-state index is 5.41. The van der Waals surface area contributed by atoms with Gasteiger partial charge in [-0.1, -0.05) is 0 Å². The lowest BCUT2D eigenvalue weighted by Gasteiger charge is -1.86. The maximum atomic E-state index is 5.41. The lowest BCUT2D eigenvalue weighted by atomic mass is 10.4. The molecule has 0 aliphatic heterocycles. The Morgan fingerprint density at radius 3 is 2.88 bits per heavy atom. The van der Waals surface area contributed by atoms with Crippen LogP contribution in [-0.4, -0.2) is 10.2 Å². The number of anilines is 1. The van der Waals surface area contributed by atoms with Crippen molar-refractivity contribution in [2.75, 3.05) is 5.73 Å². The van der Waals surface area contributed by atoms with Crippen LogP contribution in [0.25, 0.3) is 0 Å². The number of nitrogens with zero attached hydrogens (tertiary/aromatic N) is 1. The van der Waals surface area contributed by atoms with Gasteiger partial charge in [0.1, 0.15) is 0 Å². The average molecular weight is 129 g/mol. The highest BCUT2D eigenvalue weighted by Crippen LogP contribution is 2.06. The minimum Gasteiger partial charge on any atom is -0.396 e. The molecule has 0 radical (unpaired) electrons. The third kappa shape index (κ3) is 0.790. The van der Waals surface area contributed by atoms with Gasteiger partial charge in [0, 0.05) is 5.75 Å². The Morgan fingerprint density at radius 1 is 1.88 bits per heavy atom. The molecule has 0 saturated carbocycles. The fourth-order valence-electron chi connectivity index (χ4n) is 0.449. The van der Waals surface area contributed by atoms with Crippen molar-refractivity contribution in [1.29, 1.82) is 0 Å². The molecule has 8 heavy (non-hydrogen) atoms. The number of hydrogen-bond donors (Lipinski definition) is 3. The molecule has 4 heteroatoms. The zero-order chi connectivity index (χ0) is 5.98. The summed E-state index contributed by atoms with van der Waals surface area (Å²) in [5.74, 6) is 0.617. The van der Waals surface area contributed by atoms with Crippen LogP contribution >= 0.6 is 12.6 Å². The van der Waals surface area contributed by atoms with E-state index in [1.165, 1.54) is 0 Å². The number of H-pyrrole nitrogens is 1. The van der Waals surface area contributed by atoms with Gasteiger partial charge in [0.15, 0.2) is 0 Å². The van der Waals surface area contributed by atoms with Crippen LogP contribution in [0, 0.1) is 0 Å². The van der Waals surface area contributed by atoms with E-state index in [1.807, 2.05) is 0 Å². The fourth-order valence-corrected chi connectivity index (χ4v) is 0.702. The van der Waals surface area contributed by atoms with Crippen LogP contribution in [0.5, 0.6) is 0 Å². The lowest BCUT2D eigenvalue weighted by Crippen LogP contribution is -1.86. The van der Waals surface area contributed by atoms with Crippen LogP contribution in [-0.2, 0) is 5.75 Å². The van der Waals surface area contributed by atoms with Gasteiger partial charge in [-0.05, 0) is 0 Å². The molecule has 0 spiro atoms. The molecule has 1 rings (SSSR count). The Kier molecular flexibility index (Phi) is 1.43. The first-order chi connectivity index (χ1) is 3.84. The Bertz CT molecular complexity index is 172. The van der Waals surface area contributed by atoms with Crippen molar-refractivity contribution in [3.63, 3.8) is 0 Å². The molecule has 3 N–H and O–H groups in total. The summed E-state index contributed by atoms with van der Waals surface area (Å²) in [6, 6.07) is 0. The predicted molar refractivity (Wildman–Crippen MR) is 35.7 cm³/mol. The normalized spacial score (nSPS) is 9.62. The van der Waals surface area contributed by atoms with E-state index in [0.29, 0.717) is 11.4 Å². The van der Waals surface area contributed by atoms with Gasteiger partial charge >= 0.3 is 0 Å². The number of rotatable bonds is 1. The summed E-state index contributed by atoms with van der Waals surface area (Å²) in [5, 5.41) is 6.40. The number of aromatic nitrogens is 2. The highest BCUT2D eigenvalue weighted by molar-refractivity contribution is 7.79. The highest BCUT2D eigenvalue weighted by Gasteiger charge is 1.94. The van der Waals surface area contributed by atoms with Crippen LogP contribution in [0.2, 0.25) is 0 Å². The van der Waals surface area contributed by atoms with E-state index in [4.69, 9.17) is 5.73 Å². The van der Waals surface area contributed by atoms with E-state index in [2.05, 4.69) is 22.8 Å². The van der Waals surface area contributed by atoms with E-state index >= 15 is 0 Å². The van der Waals surface area contributed by atoms with Gasteiger partial charge in [0.25, 0.3) is 0 Å². The van der Waals surface area contributed by atoms with Gasteiger partial charge in [-0.2, -0.15) is 17.7 Å². The molecule has 0 aromatic carbocycles. The number of nitrogens with one attached hydrogen (secondary N) is 1. The second-order valence-corrected chi connectivity index (χ2v) is 1.78. The second kappa shape index (κ2) is 2.09. The molecule has 44 valence electrons. The van der Waals surface area contributed by atoms with Crippen LogP contribution < -0.4 is 5.73 Å². The smallest absolute Gasteiger partial charge is 0.0738 e. The number of hydrogen-bond acceptors (Lipinski definition) is 3. The van der Waals surface area contributed by atoms with Crippen LogP contribution in [0.1, 0.15) is 5.69 Å². The van der Waals surface area contributed by atoms with Crippen molar-refractivity contribution in [2.45, 2.75) is 5.75 Å². The Morgan fingerprint density at radius 2 is 2.62 bits per heavy atom. The molecular weight excluding hydrogens is 122 g/mol. The summed E-state index contributed by atoms with van der Waals surface area (Å²) >= 11 is 3.99. The molecule has 0 aliphatic carbocycles. The molecule has 0 saturated heterocycles. The van der Waals surface area contributed by atoms with E-state index in [0.717, 1.165) is 5.69 Å². The first-order valence-corrected chi connectivity index (χ1v) is 2.86. The monoisotopic (exact) mass is 129 g/mol. The summed E-state index contributed by atoms with van der Waals surface area (Å²) in [7, 11) is 0. The molecule has 0 aliphatic rings. The molecular formula is C4H7N3S. The third-order valence-corrected chi connectivity index (χ3v) is 1.23. The Labute approximate surface area is 52.7 Å². The fraction of sp³-hybridized carbons (Fsp3) is 0.250. The predicted octanol–water partition coefficient (Wildman–Crippen LogP) is 0.422. The standard InChI is InChI=1S/C4H7N3S/c5-3-1-6-7-4(3)2-8/h1,8H,2,5H2,(H,6,7). The topological polar surface area (TPSA) is 54.7 Å². The summed E-state index contributed by atoms with van der Waals surface area (Å²) in [6.07, 6.45) is 1.57. The largest absolute Gasteiger partial charge is 0.396 e. The molecule has 0 unspecified atom stereocenters. The lowest BCUT2D eigenvalue weighted by molar-refractivity contribution is 1.04. The van der Waals surface area contributed by atoms with Crippen LogP contribution in [0.3, 0.4) is 0 Å². The van der Waals surface area contributed by atoms with Gasteiger partial charge < -0.3 is 5.73 Å². The van der Waals surface area contributed by atoms with Gasteiger partial charge in [0.05, 0.1) is 17.6 Å².